The SMILES string of the molecule is CCCC(=O)N1CCCC1C(=O)N1CCCC(COC)(C(=O)O)C1. The van der Waals surface area contributed by atoms with Crippen LogP contribution in [0.25, 0.3) is 0 Å². The van der Waals surface area contributed by atoms with Crippen LogP contribution in [0.2, 0.25) is 0 Å². The van der Waals surface area contributed by atoms with Crippen LogP contribution in [0.1, 0.15) is 45.4 Å². The third-order valence-electron chi connectivity index (χ3n) is 5.08. The van der Waals surface area contributed by atoms with Gasteiger partial charge in [-0.15, -0.1) is 0 Å². The number of hydrogen-bond donors (Lipinski definition) is 1. The fourth-order valence-electron chi connectivity index (χ4n) is 3.84. The number of carboxylic acid groups (broad SMARTS) is 1. The van der Waals surface area contributed by atoms with E-state index in [1.165, 1.54) is 7.11 Å². The van der Waals surface area contributed by atoms with E-state index in [0.717, 1.165) is 12.8 Å². The summed E-state index contributed by atoms with van der Waals surface area (Å²) in [5.41, 5.74) is -1.04. The number of carboxylic acids is 1. The van der Waals surface area contributed by atoms with Gasteiger partial charge in [0.25, 0.3) is 0 Å². The van der Waals surface area contributed by atoms with Crippen molar-refractivity contribution in [3.8, 4) is 0 Å². The maximum Gasteiger partial charge on any atom is 0.313 e. The molecule has 0 spiro atoms. The molecular formula is C17H28N2O5. The molecule has 2 aliphatic heterocycles. The molecule has 2 aliphatic rings. The summed E-state index contributed by atoms with van der Waals surface area (Å²) in [6.07, 6.45) is 3.83. The minimum absolute atomic E-state index is 0.0201. The van der Waals surface area contributed by atoms with Crippen LogP contribution >= 0.6 is 0 Å². The van der Waals surface area contributed by atoms with Gasteiger partial charge in [0, 0.05) is 33.2 Å². The number of ether oxygens (including phenoxy) is 1. The van der Waals surface area contributed by atoms with Crippen LogP contribution in [0.3, 0.4) is 0 Å². The lowest BCUT2D eigenvalue weighted by Crippen LogP contribution is -2.56. The van der Waals surface area contributed by atoms with Crippen molar-refractivity contribution in [3.63, 3.8) is 0 Å². The van der Waals surface area contributed by atoms with E-state index in [2.05, 4.69) is 0 Å². The van der Waals surface area contributed by atoms with Gasteiger partial charge in [0.05, 0.1) is 6.61 Å². The standard InChI is InChI=1S/C17H28N2O5/c1-3-6-14(20)19-10-4-7-13(19)15(21)18-9-5-8-17(11-18,12-24-2)16(22)23/h13H,3-12H2,1-2H3,(H,22,23). The lowest BCUT2D eigenvalue weighted by atomic mass is 9.80. The lowest BCUT2D eigenvalue weighted by molar-refractivity contribution is -0.161. The summed E-state index contributed by atoms with van der Waals surface area (Å²) < 4.78 is 5.11. The fourth-order valence-corrected chi connectivity index (χ4v) is 3.84. The van der Waals surface area contributed by atoms with Gasteiger partial charge in [0.15, 0.2) is 0 Å². The van der Waals surface area contributed by atoms with Gasteiger partial charge in [-0.1, -0.05) is 6.92 Å². The molecule has 0 aromatic heterocycles. The Morgan fingerprint density at radius 2 is 2.00 bits per heavy atom. The normalized spacial score (nSPS) is 27.3. The largest absolute Gasteiger partial charge is 0.481 e. The van der Waals surface area contributed by atoms with Crippen LogP contribution in [0.4, 0.5) is 0 Å². The van der Waals surface area contributed by atoms with Gasteiger partial charge in [-0.3, -0.25) is 14.4 Å². The number of rotatable bonds is 6. The number of methoxy groups -OCH3 is 1. The summed E-state index contributed by atoms with van der Waals surface area (Å²) in [5.74, 6) is -1.02. The number of carbonyl (C=O) groups is 3. The second kappa shape index (κ2) is 7.96. The Hall–Kier alpha value is -1.63. The highest BCUT2D eigenvalue weighted by Crippen LogP contribution is 2.32. The molecule has 0 aromatic rings. The fraction of sp³-hybridized carbons (Fsp3) is 0.824. The van der Waals surface area contributed by atoms with Crippen molar-refractivity contribution in [2.45, 2.75) is 51.5 Å². The summed E-state index contributed by atoms with van der Waals surface area (Å²) in [5, 5.41) is 9.61. The predicted octanol–water partition coefficient (Wildman–Crippen LogP) is 1.12. The number of piperidine rings is 1. The van der Waals surface area contributed by atoms with Crippen LogP contribution in [-0.2, 0) is 19.1 Å². The topological polar surface area (TPSA) is 87.2 Å². The quantitative estimate of drug-likeness (QED) is 0.783. The molecule has 7 heteroatoms. The zero-order valence-electron chi connectivity index (χ0n) is 14.6. The van der Waals surface area contributed by atoms with Crippen LogP contribution in [0, 0.1) is 5.41 Å². The number of aliphatic carboxylic acids is 1. The van der Waals surface area contributed by atoms with Crippen LogP contribution < -0.4 is 0 Å². The first-order valence-electron chi connectivity index (χ1n) is 8.76. The monoisotopic (exact) mass is 340 g/mol. The first-order chi connectivity index (χ1) is 11.4. The van der Waals surface area contributed by atoms with Crippen molar-refractivity contribution in [3.05, 3.63) is 0 Å². The molecule has 1 N–H and O–H groups in total. The molecule has 2 unspecified atom stereocenters. The van der Waals surface area contributed by atoms with E-state index in [0.29, 0.717) is 38.8 Å². The van der Waals surface area contributed by atoms with Crippen molar-refractivity contribution in [2.75, 3.05) is 33.4 Å². The van der Waals surface area contributed by atoms with Crippen molar-refractivity contribution in [1.82, 2.24) is 9.80 Å². The minimum Gasteiger partial charge on any atom is -0.481 e. The van der Waals surface area contributed by atoms with Gasteiger partial charge in [-0.05, 0) is 32.1 Å². The van der Waals surface area contributed by atoms with Crippen molar-refractivity contribution < 1.29 is 24.2 Å². The highest BCUT2D eigenvalue weighted by molar-refractivity contribution is 5.89. The van der Waals surface area contributed by atoms with Gasteiger partial charge in [0.1, 0.15) is 11.5 Å². The van der Waals surface area contributed by atoms with E-state index in [1.54, 1.807) is 9.80 Å². The number of nitrogens with zero attached hydrogens (tertiary/aromatic N) is 2. The molecule has 0 aromatic carbocycles. The number of amides is 2. The molecule has 2 saturated heterocycles. The number of hydrogen-bond acceptors (Lipinski definition) is 4. The van der Waals surface area contributed by atoms with E-state index >= 15 is 0 Å². The van der Waals surface area contributed by atoms with Crippen molar-refractivity contribution in [2.24, 2.45) is 5.41 Å². The number of carbonyl (C=O) groups excluding carboxylic acids is 2. The molecule has 2 amide bonds. The van der Waals surface area contributed by atoms with Crippen molar-refractivity contribution >= 4 is 17.8 Å². The van der Waals surface area contributed by atoms with E-state index in [9.17, 15) is 19.5 Å². The molecule has 2 atom stereocenters. The first-order valence-corrected chi connectivity index (χ1v) is 8.76. The molecular weight excluding hydrogens is 312 g/mol. The maximum atomic E-state index is 12.9. The Morgan fingerprint density at radius 3 is 2.62 bits per heavy atom. The molecule has 2 fully saturated rings. The summed E-state index contributed by atoms with van der Waals surface area (Å²) in [4.78, 5) is 40.2. The Bertz CT molecular complexity index is 491. The molecule has 0 aliphatic carbocycles. The minimum atomic E-state index is -1.04. The summed E-state index contributed by atoms with van der Waals surface area (Å²) in [7, 11) is 1.48. The van der Waals surface area contributed by atoms with Gasteiger partial charge in [-0.2, -0.15) is 0 Å². The third kappa shape index (κ3) is 3.71. The van der Waals surface area contributed by atoms with Crippen LogP contribution in [0.15, 0.2) is 0 Å². The molecule has 0 radical (unpaired) electrons. The van der Waals surface area contributed by atoms with Gasteiger partial charge >= 0.3 is 5.97 Å². The summed E-state index contributed by atoms with van der Waals surface area (Å²) >= 11 is 0. The molecule has 2 rings (SSSR count). The molecule has 24 heavy (non-hydrogen) atoms. The lowest BCUT2D eigenvalue weighted by Gasteiger charge is -2.41. The Morgan fingerprint density at radius 1 is 1.25 bits per heavy atom. The Kier molecular flexibility index (Phi) is 6.21. The molecule has 0 saturated carbocycles. The average molecular weight is 340 g/mol. The van der Waals surface area contributed by atoms with E-state index in [1.807, 2.05) is 6.92 Å². The van der Waals surface area contributed by atoms with Crippen LogP contribution in [0.5, 0.6) is 0 Å². The predicted molar refractivity (Wildman–Crippen MR) is 87.4 cm³/mol. The highest BCUT2D eigenvalue weighted by Gasteiger charge is 2.46. The Balaban J connectivity index is 2.10. The zero-order chi connectivity index (χ0) is 17.7. The molecule has 7 nitrogen and oxygen atoms in total. The molecule has 2 heterocycles. The van der Waals surface area contributed by atoms with Gasteiger partial charge < -0.3 is 19.6 Å². The Labute approximate surface area is 142 Å². The summed E-state index contributed by atoms with van der Waals surface area (Å²) in [6.45, 7) is 3.35. The molecule has 0 bridgehead atoms. The van der Waals surface area contributed by atoms with Crippen LogP contribution in [-0.4, -0.2) is 72.1 Å². The van der Waals surface area contributed by atoms with E-state index in [-0.39, 0.29) is 25.0 Å². The maximum absolute atomic E-state index is 12.9. The summed E-state index contributed by atoms with van der Waals surface area (Å²) in [6, 6.07) is -0.434. The van der Waals surface area contributed by atoms with E-state index in [4.69, 9.17) is 4.74 Å². The smallest absolute Gasteiger partial charge is 0.313 e. The third-order valence-corrected chi connectivity index (χ3v) is 5.08. The van der Waals surface area contributed by atoms with Gasteiger partial charge in [0.2, 0.25) is 11.8 Å². The second-order valence-electron chi connectivity index (χ2n) is 6.88. The molecule has 136 valence electrons. The van der Waals surface area contributed by atoms with E-state index < -0.39 is 17.4 Å². The van der Waals surface area contributed by atoms with Crippen molar-refractivity contribution in [1.29, 1.82) is 0 Å². The highest BCUT2D eigenvalue weighted by atomic mass is 16.5. The average Bonchev–Trinajstić information content (AvgIpc) is 3.04. The first kappa shape index (κ1) is 18.7. The van der Waals surface area contributed by atoms with Gasteiger partial charge in [-0.25, -0.2) is 0 Å². The zero-order valence-corrected chi connectivity index (χ0v) is 14.6. The number of likely N-dealkylation sites (tertiary alicyclic amines) is 2. The second-order valence-corrected chi connectivity index (χ2v) is 6.88.